The van der Waals surface area contributed by atoms with Crippen molar-refractivity contribution < 1.29 is 0 Å². The van der Waals surface area contributed by atoms with E-state index in [1.807, 2.05) is 18.0 Å². The summed E-state index contributed by atoms with van der Waals surface area (Å²) >= 11 is 1.84. The molecule has 1 atom stereocenters. The number of pyridine rings is 1. The largest absolute Gasteiger partial charge is 0.357 e. The molecule has 1 fully saturated rings. The first-order valence-corrected chi connectivity index (χ1v) is 8.86. The highest BCUT2D eigenvalue weighted by Gasteiger charge is 2.25. The van der Waals surface area contributed by atoms with Crippen LogP contribution in [-0.2, 0) is 5.75 Å². The molecule has 2 heterocycles. The molecule has 0 aliphatic carbocycles. The molecule has 2 rings (SSSR count). The number of anilines is 1. The van der Waals surface area contributed by atoms with E-state index >= 15 is 0 Å². The van der Waals surface area contributed by atoms with Gasteiger partial charge in [0.05, 0.1) is 0 Å². The van der Waals surface area contributed by atoms with Crippen molar-refractivity contribution in [3.8, 4) is 0 Å². The van der Waals surface area contributed by atoms with Crippen LogP contribution in [0.15, 0.2) is 18.3 Å². The quantitative estimate of drug-likeness (QED) is 0.830. The van der Waals surface area contributed by atoms with Gasteiger partial charge in [-0.05, 0) is 57.7 Å². The van der Waals surface area contributed by atoms with Crippen LogP contribution in [0.1, 0.15) is 25.3 Å². The lowest BCUT2D eigenvalue weighted by molar-refractivity contribution is 0.199. The van der Waals surface area contributed by atoms with E-state index in [0.717, 1.165) is 30.6 Å². The van der Waals surface area contributed by atoms with E-state index in [9.17, 15) is 0 Å². The molecule has 1 saturated heterocycles. The molecule has 4 heteroatoms. The maximum Gasteiger partial charge on any atom is 0.128 e. The summed E-state index contributed by atoms with van der Waals surface area (Å²) in [7, 11) is 4.37. The lowest BCUT2D eigenvalue weighted by Gasteiger charge is -2.37. The second-order valence-electron chi connectivity index (χ2n) is 5.99. The van der Waals surface area contributed by atoms with Gasteiger partial charge in [0.25, 0.3) is 0 Å². The Morgan fingerprint density at radius 3 is 2.55 bits per heavy atom. The normalized spacial score (nSPS) is 18.6. The standard InChI is InChI=1S/C16H27N3S/c1-13(18(2)3)15-7-9-19(10-8-15)16-6-5-14(11-17-16)12-20-4/h5-6,11,13,15H,7-10,12H2,1-4H3/t13-/m1/s1. The molecule has 1 aromatic heterocycles. The smallest absolute Gasteiger partial charge is 0.128 e. The summed E-state index contributed by atoms with van der Waals surface area (Å²) in [6, 6.07) is 5.07. The molecule has 1 aromatic rings. The lowest BCUT2D eigenvalue weighted by atomic mass is 9.90. The summed E-state index contributed by atoms with van der Waals surface area (Å²) in [5, 5.41) is 0. The molecule has 20 heavy (non-hydrogen) atoms. The second kappa shape index (κ2) is 7.32. The number of hydrogen-bond acceptors (Lipinski definition) is 4. The van der Waals surface area contributed by atoms with Crippen LogP contribution in [0, 0.1) is 5.92 Å². The summed E-state index contributed by atoms with van der Waals surface area (Å²) in [5.41, 5.74) is 1.32. The first-order valence-electron chi connectivity index (χ1n) is 7.47. The Morgan fingerprint density at radius 2 is 2.05 bits per heavy atom. The van der Waals surface area contributed by atoms with Crippen LogP contribution in [0.3, 0.4) is 0 Å². The van der Waals surface area contributed by atoms with E-state index < -0.39 is 0 Å². The molecule has 0 amide bonds. The maximum absolute atomic E-state index is 4.63. The van der Waals surface area contributed by atoms with Crippen molar-refractivity contribution in [2.75, 3.05) is 38.3 Å². The van der Waals surface area contributed by atoms with Crippen LogP contribution in [0.2, 0.25) is 0 Å². The van der Waals surface area contributed by atoms with Crippen LogP contribution in [-0.4, -0.2) is 49.4 Å². The highest BCUT2D eigenvalue weighted by Crippen LogP contribution is 2.25. The molecule has 0 spiro atoms. The van der Waals surface area contributed by atoms with Crippen molar-refractivity contribution in [3.05, 3.63) is 23.9 Å². The van der Waals surface area contributed by atoms with E-state index in [1.165, 1.54) is 18.4 Å². The second-order valence-corrected chi connectivity index (χ2v) is 6.85. The van der Waals surface area contributed by atoms with Crippen molar-refractivity contribution in [1.29, 1.82) is 0 Å². The fourth-order valence-corrected chi connectivity index (χ4v) is 3.39. The average molecular weight is 293 g/mol. The topological polar surface area (TPSA) is 19.4 Å². The molecule has 1 aliphatic heterocycles. The molecule has 0 unspecified atom stereocenters. The molecule has 112 valence electrons. The summed E-state index contributed by atoms with van der Waals surface area (Å²) in [4.78, 5) is 9.40. The third-order valence-corrected chi connectivity index (χ3v) is 5.10. The molecular weight excluding hydrogens is 266 g/mol. The van der Waals surface area contributed by atoms with Crippen LogP contribution < -0.4 is 4.90 Å². The Hall–Kier alpha value is -0.740. The number of hydrogen-bond donors (Lipinski definition) is 0. The molecular formula is C16H27N3S. The number of nitrogens with zero attached hydrogens (tertiary/aromatic N) is 3. The van der Waals surface area contributed by atoms with Gasteiger partial charge in [0.1, 0.15) is 5.82 Å². The zero-order valence-electron chi connectivity index (χ0n) is 13.2. The van der Waals surface area contributed by atoms with Gasteiger partial charge in [0, 0.05) is 31.1 Å². The van der Waals surface area contributed by atoms with Gasteiger partial charge in [0.2, 0.25) is 0 Å². The molecule has 0 N–H and O–H groups in total. The molecule has 1 aliphatic rings. The maximum atomic E-state index is 4.63. The first-order chi connectivity index (χ1) is 9.61. The summed E-state index contributed by atoms with van der Waals surface area (Å²) in [6.45, 7) is 4.62. The van der Waals surface area contributed by atoms with E-state index in [-0.39, 0.29) is 0 Å². The molecule has 0 radical (unpaired) electrons. The highest BCUT2D eigenvalue weighted by atomic mass is 32.2. The Bertz CT molecular complexity index is 397. The van der Waals surface area contributed by atoms with Gasteiger partial charge < -0.3 is 9.80 Å². The monoisotopic (exact) mass is 293 g/mol. The predicted molar refractivity (Wildman–Crippen MR) is 89.5 cm³/mol. The van der Waals surface area contributed by atoms with Gasteiger partial charge in [0.15, 0.2) is 0 Å². The lowest BCUT2D eigenvalue weighted by Crippen LogP contribution is -2.41. The fraction of sp³-hybridized carbons (Fsp3) is 0.688. The third kappa shape index (κ3) is 3.89. The van der Waals surface area contributed by atoms with E-state index in [0.29, 0.717) is 6.04 Å². The highest BCUT2D eigenvalue weighted by molar-refractivity contribution is 7.97. The van der Waals surface area contributed by atoms with Crippen molar-refractivity contribution in [2.45, 2.75) is 31.6 Å². The summed E-state index contributed by atoms with van der Waals surface area (Å²) in [5.74, 6) is 3.01. The summed E-state index contributed by atoms with van der Waals surface area (Å²) < 4.78 is 0. The van der Waals surface area contributed by atoms with Crippen molar-refractivity contribution >= 4 is 17.6 Å². The number of aromatic nitrogens is 1. The van der Waals surface area contributed by atoms with E-state index in [4.69, 9.17) is 0 Å². The molecule has 0 bridgehead atoms. The number of rotatable bonds is 5. The van der Waals surface area contributed by atoms with Crippen LogP contribution in [0.4, 0.5) is 5.82 Å². The zero-order valence-corrected chi connectivity index (χ0v) is 14.0. The molecule has 3 nitrogen and oxygen atoms in total. The van der Waals surface area contributed by atoms with Gasteiger partial charge in [-0.3, -0.25) is 0 Å². The SMILES string of the molecule is CSCc1ccc(N2CCC([C@@H](C)N(C)C)CC2)nc1. The minimum absolute atomic E-state index is 0.675. The Labute approximate surface area is 127 Å². The number of piperidine rings is 1. The minimum Gasteiger partial charge on any atom is -0.357 e. The van der Waals surface area contributed by atoms with Gasteiger partial charge >= 0.3 is 0 Å². The Morgan fingerprint density at radius 1 is 1.35 bits per heavy atom. The van der Waals surface area contributed by atoms with Crippen LogP contribution in [0.5, 0.6) is 0 Å². The zero-order chi connectivity index (χ0) is 14.5. The van der Waals surface area contributed by atoms with Gasteiger partial charge in [-0.2, -0.15) is 11.8 Å². The fourth-order valence-electron chi connectivity index (χ4n) is 2.89. The van der Waals surface area contributed by atoms with E-state index in [2.05, 4.69) is 54.2 Å². The van der Waals surface area contributed by atoms with Crippen molar-refractivity contribution in [2.24, 2.45) is 5.92 Å². The average Bonchev–Trinajstić information content (AvgIpc) is 2.48. The van der Waals surface area contributed by atoms with Gasteiger partial charge in [-0.15, -0.1) is 0 Å². The predicted octanol–water partition coefficient (Wildman–Crippen LogP) is 3.11. The molecule has 0 aromatic carbocycles. The minimum atomic E-state index is 0.675. The summed E-state index contributed by atoms with van der Waals surface area (Å²) in [6.07, 6.45) is 6.70. The number of thioether (sulfide) groups is 1. The van der Waals surface area contributed by atoms with Gasteiger partial charge in [-0.25, -0.2) is 4.98 Å². The third-order valence-electron chi connectivity index (χ3n) is 4.48. The molecule has 0 saturated carbocycles. The Balaban J connectivity index is 1.90. The first kappa shape index (κ1) is 15.6. The Kier molecular flexibility index (Phi) is 5.73. The van der Waals surface area contributed by atoms with Crippen molar-refractivity contribution in [3.63, 3.8) is 0 Å². The van der Waals surface area contributed by atoms with Crippen molar-refractivity contribution in [1.82, 2.24) is 9.88 Å². The van der Waals surface area contributed by atoms with Gasteiger partial charge in [-0.1, -0.05) is 6.07 Å². The van der Waals surface area contributed by atoms with Crippen LogP contribution in [0.25, 0.3) is 0 Å². The van der Waals surface area contributed by atoms with Crippen LogP contribution >= 0.6 is 11.8 Å². The van der Waals surface area contributed by atoms with E-state index in [1.54, 1.807) is 0 Å².